The minimum Gasteiger partial charge on any atom is -0.351 e. The van der Waals surface area contributed by atoms with Crippen LogP contribution in [0.5, 0.6) is 0 Å². The molecule has 0 aliphatic carbocycles. The van der Waals surface area contributed by atoms with Crippen LogP contribution in [0.2, 0.25) is 0 Å². The lowest BCUT2D eigenvalue weighted by molar-refractivity contribution is 0.200. The van der Waals surface area contributed by atoms with E-state index in [0.29, 0.717) is 22.4 Å². The molecule has 0 saturated carbocycles. The molecule has 38 heavy (non-hydrogen) atoms. The Kier molecular flexibility index (Phi) is 7.05. The van der Waals surface area contributed by atoms with Crippen LogP contribution in [0.3, 0.4) is 0 Å². The maximum absolute atomic E-state index is 13.4. The number of aromatic amines is 1. The minimum atomic E-state index is -3.64. The molecule has 0 radical (unpaired) electrons. The van der Waals surface area contributed by atoms with Crippen LogP contribution in [-0.2, 0) is 16.6 Å². The van der Waals surface area contributed by atoms with Crippen molar-refractivity contribution in [3.05, 3.63) is 82.9 Å². The van der Waals surface area contributed by atoms with E-state index in [0.717, 1.165) is 41.2 Å². The molecular weight excluding hydrogens is 535 g/mol. The summed E-state index contributed by atoms with van der Waals surface area (Å²) in [6.45, 7) is 5.16. The fraction of sp³-hybridized carbons (Fsp3) is 0.286. The summed E-state index contributed by atoms with van der Waals surface area (Å²) >= 11 is 2.92. The summed E-state index contributed by atoms with van der Waals surface area (Å²) in [5, 5.41) is 3.66. The van der Waals surface area contributed by atoms with Gasteiger partial charge in [-0.2, -0.15) is 0 Å². The van der Waals surface area contributed by atoms with E-state index in [4.69, 9.17) is 4.98 Å². The van der Waals surface area contributed by atoms with Gasteiger partial charge < -0.3 is 4.98 Å². The Hall–Kier alpha value is -3.05. The van der Waals surface area contributed by atoms with Gasteiger partial charge in [-0.1, -0.05) is 24.3 Å². The number of aromatic nitrogens is 3. The van der Waals surface area contributed by atoms with Crippen LogP contribution in [0, 0.1) is 0 Å². The summed E-state index contributed by atoms with van der Waals surface area (Å²) in [6.07, 6.45) is 6.19. The first-order valence-electron chi connectivity index (χ1n) is 12.8. The molecule has 4 aromatic heterocycles. The normalized spacial score (nSPS) is 16.7. The number of para-hydroxylation sites is 1. The molecule has 1 saturated heterocycles. The van der Waals surface area contributed by atoms with Crippen LogP contribution in [0.1, 0.15) is 36.3 Å². The lowest BCUT2D eigenvalue weighted by Crippen LogP contribution is -2.33. The number of sulfonamides is 1. The minimum absolute atomic E-state index is 0.338. The van der Waals surface area contributed by atoms with Crippen LogP contribution in [0.15, 0.2) is 76.6 Å². The molecule has 0 amide bonds. The molecule has 0 bridgehead atoms. The van der Waals surface area contributed by atoms with Gasteiger partial charge in [0, 0.05) is 53.9 Å². The van der Waals surface area contributed by atoms with Gasteiger partial charge in [0.1, 0.15) is 9.22 Å². The van der Waals surface area contributed by atoms with Gasteiger partial charge in [-0.25, -0.2) is 13.4 Å². The molecule has 5 heterocycles. The summed E-state index contributed by atoms with van der Waals surface area (Å²) in [7, 11) is -3.64. The lowest BCUT2D eigenvalue weighted by atomic mass is 9.94. The SMILES string of the molecule is CCN(c1cccc2cc(-c3ncc(CN4CCCC(c5ccccn5)C4)s3)[nH]c12)S(=O)(=O)c1cccs1. The van der Waals surface area contributed by atoms with Crippen molar-refractivity contribution in [3.63, 3.8) is 0 Å². The number of piperidine rings is 1. The van der Waals surface area contributed by atoms with E-state index in [2.05, 4.69) is 33.1 Å². The molecule has 1 fully saturated rings. The first kappa shape index (κ1) is 25.2. The van der Waals surface area contributed by atoms with Gasteiger partial charge in [0.25, 0.3) is 10.0 Å². The standard InChI is InChI=1S/C28H29N5O2S3/c1-2-33(38(34,35)26-12-7-15-36-26)25-11-5-8-20-16-24(31-27(20)25)28-30-17-22(37-28)19-32-14-6-9-21(18-32)23-10-3-4-13-29-23/h3-5,7-8,10-13,15-17,21,31H,2,6,9,14,18-19H2,1H3. The van der Waals surface area contributed by atoms with Gasteiger partial charge in [-0.3, -0.25) is 14.2 Å². The zero-order valence-corrected chi connectivity index (χ0v) is 23.5. The molecule has 7 nitrogen and oxygen atoms in total. The van der Waals surface area contributed by atoms with E-state index in [-0.39, 0.29) is 0 Å². The maximum Gasteiger partial charge on any atom is 0.273 e. The second kappa shape index (κ2) is 10.6. The molecule has 1 N–H and O–H groups in total. The number of anilines is 1. The summed E-state index contributed by atoms with van der Waals surface area (Å²) in [5.74, 6) is 0.469. The topological polar surface area (TPSA) is 82.2 Å². The van der Waals surface area contributed by atoms with Crippen molar-refractivity contribution in [1.82, 2.24) is 19.9 Å². The fourth-order valence-electron chi connectivity index (χ4n) is 5.24. The van der Waals surface area contributed by atoms with Gasteiger partial charge >= 0.3 is 0 Å². The van der Waals surface area contributed by atoms with E-state index in [1.165, 1.54) is 39.1 Å². The average Bonchev–Trinajstić information content (AvgIpc) is 3.71. The van der Waals surface area contributed by atoms with Crippen LogP contribution in [0.4, 0.5) is 5.69 Å². The average molecular weight is 564 g/mol. The number of H-pyrrole nitrogens is 1. The first-order chi connectivity index (χ1) is 18.5. The van der Waals surface area contributed by atoms with Crippen molar-refractivity contribution in [2.45, 2.75) is 36.4 Å². The molecule has 0 spiro atoms. The number of nitrogens with zero attached hydrogens (tertiary/aromatic N) is 4. The lowest BCUT2D eigenvalue weighted by Gasteiger charge is -2.32. The quantitative estimate of drug-likeness (QED) is 0.238. The first-order valence-corrected chi connectivity index (χ1v) is 15.9. The van der Waals surface area contributed by atoms with Crippen molar-refractivity contribution < 1.29 is 8.42 Å². The highest BCUT2D eigenvalue weighted by molar-refractivity contribution is 7.94. The third kappa shape index (κ3) is 4.89. The Balaban J connectivity index is 1.24. The molecule has 1 atom stereocenters. The predicted octanol–water partition coefficient (Wildman–Crippen LogP) is 6.34. The van der Waals surface area contributed by atoms with E-state index in [1.54, 1.807) is 28.8 Å². The third-order valence-corrected chi connectivity index (χ3v) is 11.3. The molecule has 196 valence electrons. The smallest absolute Gasteiger partial charge is 0.273 e. The zero-order chi connectivity index (χ0) is 26.1. The number of likely N-dealkylation sites (tertiary alicyclic amines) is 1. The van der Waals surface area contributed by atoms with E-state index in [1.807, 2.05) is 43.6 Å². The van der Waals surface area contributed by atoms with Gasteiger partial charge in [0.05, 0.1) is 16.9 Å². The van der Waals surface area contributed by atoms with Gasteiger partial charge in [-0.15, -0.1) is 22.7 Å². The Labute approximate surface area is 230 Å². The summed E-state index contributed by atoms with van der Waals surface area (Å²) < 4.78 is 28.5. The van der Waals surface area contributed by atoms with Crippen molar-refractivity contribution in [1.29, 1.82) is 0 Å². The highest BCUT2D eigenvalue weighted by Crippen LogP contribution is 2.36. The Morgan fingerprint density at radius 1 is 1.13 bits per heavy atom. The summed E-state index contributed by atoms with van der Waals surface area (Å²) in [6, 6.07) is 17.4. The van der Waals surface area contributed by atoms with Crippen molar-refractivity contribution in [2.24, 2.45) is 0 Å². The van der Waals surface area contributed by atoms with Crippen LogP contribution >= 0.6 is 22.7 Å². The second-order valence-corrected chi connectivity index (χ2v) is 13.6. The van der Waals surface area contributed by atoms with Crippen molar-refractivity contribution >= 4 is 49.3 Å². The Morgan fingerprint density at radius 2 is 2.05 bits per heavy atom. The maximum atomic E-state index is 13.4. The second-order valence-electron chi connectivity index (χ2n) is 9.49. The van der Waals surface area contributed by atoms with E-state index < -0.39 is 10.0 Å². The summed E-state index contributed by atoms with van der Waals surface area (Å²) in [5.41, 5.74) is 3.53. The predicted molar refractivity (Wildman–Crippen MR) is 155 cm³/mol. The number of pyridine rings is 1. The van der Waals surface area contributed by atoms with Gasteiger partial charge in [0.15, 0.2) is 0 Å². The number of thiophene rings is 1. The number of hydrogen-bond acceptors (Lipinski definition) is 7. The number of hydrogen-bond donors (Lipinski definition) is 1. The highest BCUT2D eigenvalue weighted by Gasteiger charge is 2.27. The van der Waals surface area contributed by atoms with Crippen molar-refractivity contribution in [2.75, 3.05) is 23.9 Å². The van der Waals surface area contributed by atoms with Crippen LogP contribution in [-0.4, -0.2) is 47.9 Å². The number of rotatable bonds is 8. The highest BCUT2D eigenvalue weighted by atomic mass is 32.2. The fourth-order valence-corrected chi connectivity index (χ4v) is 8.75. The molecule has 6 rings (SSSR count). The molecular formula is C28H29N5O2S3. The monoisotopic (exact) mass is 563 g/mol. The van der Waals surface area contributed by atoms with Crippen molar-refractivity contribution in [3.8, 4) is 10.7 Å². The van der Waals surface area contributed by atoms with E-state index >= 15 is 0 Å². The van der Waals surface area contributed by atoms with E-state index in [9.17, 15) is 8.42 Å². The van der Waals surface area contributed by atoms with Gasteiger partial charge in [-0.05, 0) is 62.0 Å². The number of thiazole rings is 1. The van der Waals surface area contributed by atoms with Crippen LogP contribution in [0.25, 0.3) is 21.6 Å². The number of benzene rings is 1. The number of fused-ring (bicyclic) bond motifs is 1. The van der Waals surface area contributed by atoms with Crippen LogP contribution < -0.4 is 4.31 Å². The molecule has 1 unspecified atom stereocenters. The molecule has 5 aromatic rings. The molecule has 10 heteroatoms. The van der Waals surface area contributed by atoms with Gasteiger partial charge in [0.2, 0.25) is 0 Å². The zero-order valence-electron chi connectivity index (χ0n) is 21.1. The Morgan fingerprint density at radius 3 is 2.84 bits per heavy atom. The molecule has 1 aliphatic rings. The Bertz CT molecular complexity index is 1630. The largest absolute Gasteiger partial charge is 0.351 e. The summed E-state index contributed by atoms with van der Waals surface area (Å²) in [4.78, 5) is 16.5. The molecule has 1 aliphatic heterocycles. The third-order valence-electron chi connectivity index (χ3n) is 7.00. The molecule has 1 aromatic carbocycles. The number of nitrogens with one attached hydrogen (secondary N) is 1.